The fourth-order valence-corrected chi connectivity index (χ4v) is 3.44. The maximum Gasteiger partial charge on any atom is 0.261 e. The molecule has 24 heavy (non-hydrogen) atoms. The van der Waals surface area contributed by atoms with Crippen molar-refractivity contribution >= 4 is 16.8 Å². The summed E-state index contributed by atoms with van der Waals surface area (Å²) in [5, 5.41) is 11.2. The largest absolute Gasteiger partial charge is 0.388 e. The van der Waals surface area contributed by atoms with E-state index in [4.69, 9.17) is 4.74 Å². The Labute approximate surface area is 140 Å². The number of ether oxygens (including phenoxy) is 1. The van der Waals surface area contributed by atoms with Crippen molar-refractivity contribution in [3.63, 3.8) is 0 Å². The second-order valence-corrected chi connectivity index (χ2v) is 6.28. The Hall–Kier alpha value is -2.18. The third-order valence-electron chi connectivity index (χ3n) is 4.87. The summed E-state index contributed by atoms with van der Waals surface area (Å²) in [4.78, 5) is 29.3. The van der Waals surface area contributed by atoms with Crippen molar-refractivity contribution in [3.05, 3.63) is 46.2 Å². The van der Waals surface area contributed by atoms with Gasteiger partial charge in [-0.25, -0.2) is 0 Å². The van der Waals surface area contributed by atoms with Gasteiger partial charge in [-0.15, -0.1) is 0 Å². The van der Waals surface area contributed by atoms with Crippen LogP contribution in [-0.4, -0.2) is 53.3 Å². The van der Waals surface area contributed by atoms with Crippen molar-refractivity contribution in [2.75, 3.05) is 14.2 Å². The SMILES string of the molecule is CO[C@@H]1CCC[C@@H](N(C)C(=O)c2cc3ccccc3[nH]c2=O)[C@H]1O. The van der Waals surface area contributed by atoms with E-state index in [1.165, 1.54) is 4.90 Å². The van der Waals surface area contributed by atoms with E-state index >= 15 is 0 Å². The molecule has 0 unspecified atom stereocenters. The molecule has 3 rings (SSSR count). The number of aliphatic hydroxyl groups is 1. The predicted octanol–water partition coefficient (Wildman–Crippen LogP) is 1.53. The van der Waals surface area contributed by atoms with E-state index in [0.717, 1.165) is 18.2 Å². The predicted molar refractivity (Wildman–Crippen MR) is 91.1 cm³/mol. The van der Waals surface area contributed by atoms with Crippen molar-refractivity contribution < 1.29 is 14.6 Å². The molecular weight excluding hydrogens is 308 g/mol. The minimum atomic E-state index is -0.753. The quantitative estimate of drug-likeness (QED) is 0.894. The molecule has 128 valence electrons. The van der Waals surface area contributed by atoms with E-state index in [-0.39, 0.29) is 23.6 Å². The van der Waals surface area contributed by atoms with Gasteiger partial charge in [0.05, 0.1) is 12.1 Å². The smallest absolute Gasteiger partial charge is 0.261 e. The van der Waals surface area contributed by atoms with Gasteiger partial charge in [0, 0.05) is 19.7 Å². The third kappa shape index (κ3) is 2.95. The lowest BCUT2D eigenvalue weighted by Crippen LogP contribution is -2.52. The first-order valence-electron chi connectivity index (χ1n) is 8.13. The number of fused-ring (bicyclic) bond motifs is 1. The zero-order chi connectivity index (χ0) is 17.3. The van der Waals surface area contributed by atoms with Gasteiger partial charge in [-0.2, -0.15) is 0 Å². The molecule has 0 radical (unpaired) electrons. The van der Waals surface area contributed by atoms with Gasteiger partial charge in [0.25, 0.3) is 11.5 Å². The van der Waals surface area contributed by atoms with Crippen LogP contribution in [0.4, 0.5) is 0 Å². The number of hydrogen-bond acceptors (Lipinski definition) is 4. The lowest BCUT2D eigenvalue weighted by molar-refractivity contribution is -0.0714. The molecule has 2 N–H and O–H groups in total. The Balaban J connectivity index is 1.91. The van der Waals surface area contributed by atoms with Crippen molar-refractivity contribution in [3.8, 4) is 0 Å². The van der Waals surface area contributed by atoms with E-state index < -0.39 is 11.7 Å². The highest BCUT2D eigenvalue weighted by atomic mass is 16.5. The molecule has 1 heterocycles. The number of methoxy groups -OCH3 is 1. The lowest BCUT2D eigenvalue weighted by atomic mass is 9.88. The van der Waals surface area contributed by atoms with E-state index in [1.807, 2.05) is 18.2 Å². The number of para-hydroxylation sites is 1. The van der Waals surface area contributed by atoms with Gasteiger partial charge in [-0.05, 0) is 36.8 Å². The number of rotatable bonds is 3. The normalized spacial score (nSPS) is 24.0. The minimum Gasteiger partial charge on any atom is -0.388 e. The molecule has 1 aliphatic carbocycles. The Morgan fingerprint density at radius 2 is 2.08 bits per heavy atom. The number of hydrogen-bond donors (Lipinski definition) is 2. The van der Waals surface area contributed by atoms with Crippen LogP contribution in [0.25, 0.3) is 10.9 Å². The first kappa shape index (κ1) is 16.7. The first-order chi connectivity index (χ1) is 11.5. The Morgan fingerprint density at radius 3 is 2.83 bits per heavy atom. The van der Waals surface area contributed by atoms with Gasteiger partial charge in [-0.3, -0.25) is 9.59 Å². The summed E-state index contributed by atoms with van der Waals surface area (Å²) in [6.07, 6.45) is 1.29. The molecule has 2 aromatic rings. The van der Waals surface area contributed by atoms with Gasteiger partial charge < -0.3 is 19.7 Å². The van der Waals surface area contributed by atoms with Crippen LogP contribution >= 0.6 is 0 Å². The van der Waals surface area contributed by atoms with Crippen LogP contribution in [0.15, 0.2) is 35.1 Å². The second-order valence-electron chi connectivity index (χ2n) is 6.28. The number of nitrogens with zero attached hydrogens (tertiary/aromatic N) is 1. The van der Waals surface area contributed by atoms with E-state index in [1.54, 1.807) is 26.3 Å². The molecule has 1 aromatic carbocycles. The number of benzene rings is 1. The first-order valence-corrected chi connectivity index (χ1v) is 8.13. The Bertz CT molecular complexity index is 801. The standard InChI is InChI=1S/C18H22N2O4/c1-20(14-8-5-9-15(24-2)16(14)21)18(23)12-10-11-6-3-4-7-13(11)19-17(12)22/h3-4,6-7,10,14-16,21H,5,8-9H2,1-2H3,(H,19,22)/t14-,15-,16-/m1/s1. The van der Waals surface area contributed by atoms with Crippen LogP contribution in [0.5, 0.6) is 0 Å². The van der Waals surface area contributed by atoms with Gasteiger partial charge in [-0.1, -0.05) is 18.2 Å². The van der Waals surface area contributed by atoms with Crippen LogP contribution in [0, 0.1) is 0 Å². The van der Waals surface area contributed by atoms with E-state index in [0.29, 0.717) is 11.9 Å². The maximum absolute atomic E-state index is 12.8. The summed E-state index contributed by atoms with van der Waals surface area (Å²) in [6.45, 7) is 0. The molecule has 6 nitrogen and oxygen atoms in total. The fraction of sp³-hybridized carbons (Fsp3) is 0.444. The van der Waals surface area contributed by atoms with Crippen LogP contribution in [-0.2, 0) is 4.74 Å². The number of carbonyl (C=O) groups excluding carboxylic acids is 1. The van der Waals surface area contributed by atoms with Crippen molar-refractivity contribution in [1.82, 2.24) is 9.88 Å². The molecular formula is C18H22N2O4. The number of amides is 1. The van der Waals surface area contributed by atoms with Crippen molar-refractivity contribution in [2.24, 2.45) is 0 Å². The number of aromatic nitrogens is 1. The Kier molecular flexibility index (Phi) is 4.69. The maximum atomic E-state index is 12.8. The van der Waals surface area contributed by atoms with Gasteiger partial charge in [0.2, 0.25) is 0 Å². The number of likely N-dealkylation sites (N-methyl/N-ethyl adjacent to an activating group) is 1. The number of nitrogens with one attached hydrogen (secondary N) is 1. The molecule has 0 spiro atoms. The highest BCUT2D eigenvalue weighted by Gasteiger charge is 2.36. The van der Waals surface area contributed by atoms with E-state index in [9.17, 15) is 14.7 Å². The molecule has 0 aliphatic heterocycles. The average Bonchev–Trinajstić information content (AvgIpc) is 2.60. The number of carbonyl (C=O) groups is 1. The summed E-state index contributed by atoms with van der Waals surface area (Å²) < 4.78 is 5.29. The highest BCUT2D eigenvalue weighted by molar-refractivity contribution is 5.97. The van der Waals surface area contributed by atoms with Gasteiger partial charge in [0.1, 0.15) is 11.7 Å². The number of H-pyrrole nitrogens is 1. The van der Waals surface area contributed by atoms with Crippen molar-refractivity contribution in [2.45, 2.75) is 37.5 Å². The minimum absolute atomic E-state index is 0.0861. The summed E-state index contributed by atoms with van der Waals surface area (Å²) >= 11 is 0. The molecule has 6 heteroatoms. The molecule has 0 bridgehead atoms. The number of aliphatic hydroxyl groups excluding tert-OH is 1. The second kappa shape index (κ2) is 6.75. The molecule has 1 aliphatic rings. The fourth-order valence-electron chi connectivity index (χ4n) is 3.44. The summed E-state index contributed by atoms with van der Waals surface area (Å²) in [5.74, 6) is -0.386. The van der Waals surface area contributed by atoms with Gasteiger partial charge >= 0.3 is 0 Å². The third-order valence-corrected chi connectivity index (χ3v) is 4.87. The zero-order valence-corrected chi connectivity index (χ0v) is 13.9. The lowest BCUT2D eigenvalue weighted by Gasteiger charge is -2.39. The molecule has 1 fully saturated rings. The highest BCUT2D eigenvalue weighted by Crippen LogP contribution is 2.25. The average molecular weight is 330 g/mol. The molecule has 1 amide bonds. The molecule has 1 aromatic heterocycles. The van der Waals surface area contributed by atoms with Crippen LogP contribution in [0.1, 0.15) is 29.6 Å². The van der Waals surface area contributed by atoms with Crippen molar-refractivity contribution in [1.29, 1.82) is 0 Å². The van der Waals surface area contributed by atoms with E-state index in [2.05, 4.69) is 4.98 Å². The van der Waals surface area contributed by atoms with Crippen LogP contribution in [0.2, 0.25) is 0 Å². The number of pyridine rings is 1. The molecule has 1 saturated carbocycles. The summed E-state index contributed by atoms with van der Waals surface area (Å²) in [5.41, 5.74) is 0.362. The molecule has 0 saturated heterocycles. The summed E-state index contributed by atoms with van der Waals surface area (Å²) in [7, 11) is 3.19. The molecule has 3 atom stereocenters. The topological polar surface area (TPSA) is 82.6 Å². The zero-order valence-electron chi connectivity index (χ0n) is 13.9. The van der Waals surface area contributed by atoms with Gasteiger partial charge in [0.15, 0.2) is 0 Å². The monoisotopic (exact) mass is 330 g/mol. The summed E-state index contributed by atoms with van der Waals surface area (Å²) in [6, 6.07) is 8.57. The van der Waals surface area contributed by atoms with Crippen LogP contribution < -0.4 is 5.56 Å². The Morgan fingerprint density at radius 1 is 1.33 bits per heavy atom. The number of aromatic amines is 1. The van der Waals surface area contributed by atoms with Crippen LogP contribution in [0.3, 0.4) is 0 Å².